The molecule has 120 valence electrons. The summed E-state index contributed by atoms with van der Waals surface area (Å²) in [6.07, 6.45) is 3.42. The number of anilines is 1. The van der Waals surface area contributed by atoms with E-state index in [4.69, 9.17) is 0 Å². The van der Waals surface area contributed by atoms with E-state index in [0.717, 1.165) is 16.7 Å². The number of aryl methyl sites for hydroxylation is 2. The Kier molecular flexibility index (Phi) is 3.63. The van der Waals surface area contributed by atoms with Crippen LogP contribution in [0.5, 0.6) is 0 Å². The molecule has 0 aliphatic heterocycles. The second kappa shape index (κ2) is 5.49. The number of carbonyl (C=O) groups is 1. The number of aromatic nitrogens is 5. The van der Waals surface area contributed by atoms with Crippen LogP contribution in [0.2, 0.25) is 0 Å². The topological polar surface area (TPSA) is 77.6 Å². The number of amides is 1. The number of rotatable bonds is 3. The Morgan fingerprint density at radius 2 is 2.00 bits per heavy atom. The highest BCUT2D eigenvalue weighted by atomic mass is 16.1. The molecule has 3 heterocycles. The van der Waals surface area contributed by atoms with Crippen LogP contribution in [0.15, 0.2) is 18.5 Å². The zero-order chi connectivity index (χ0) is 16.7. The molecule has 1 amide bonds. The highest BCUT2D eigenvalue weighted by Crippen LogP contribution is 2.20. The predicted molar refractivity (Wildman–Crippen MR) is 88.5 cm³/mol. The molecular weight excluding hydrogens is 292 g/mol. The minimum absolute atomic E-state index is 0.175. The van der Waals surface area contributed by atoms with E-state index in [-0.39, 0.29) is 11.9 Å². The van der Waals surface area contributed by atoms with Crippen molar-refractivity contribution in [1.29, 1.82) is 0 Å². The normalized spacial score (nSPS) is 11.4. The standard InChI is InChI=1S/C16H20N6O/c1-9(2)22-15-12(7-18-22)6-13(8-17-15)19-16(23)14-10(3)20-21(5)11(14)4/h6-9H,1-5H3,(H,19,23). The van der Waals surface area contributed by atoms with E-state index >= 15 is 0 Å². The third kappa shape index (κ3) is 2.58. The molecule has 7 nitrogen and oxygen atoms in total. The minimum atomic E-state index is -0.175. The molecule has 0 atom stereocenters. The van der Waals surface area contributed by atoms with E-state index in [1.54, 1.807) is 17.1 Å². The van der Waals surface area contributed by atoms with Gasteiger partial charge in [-0.2, -0.15) is 10.2 Å². The number of pyridine rings is 1. The molecule has 0 aliphatic rings. The second-order valence-electron chi connectivity index (χ2n) is 5.94. The Morgan fingerprint density at radius 3 is 2.61 bits per heavy atom. The predicted octanol–water partition coefficient (Wildman–Crippen LogP) is 2.61. The fourth-order valence-electron chi connectivity index (χ4n) is 2.68. The van der Waals surface area contributed by atoms with Gasteiger partial charge in [0.05, 0.1) is 29.3 Å². The molecule has 0 aromatic carbocycles. The lowest BCUT2D eigenvalue weighted by atomic mass is 10.2. The van der Waals surface area contributed by atoms with Gasteiger partial charge in [-0.25, -0.2) is 9.67 Å². The molecule has 0 radical (unpaired) electrons. The maximum Gasteiger partial charge on any atom is 0.259 e. The average Bonchev–Trinajstić information content (AvgIpc) is 3.00. The monoisotopic (exact) mass is 312 g/mol. The van der Waals surface area contributed by atoms with Crippen LogP contribution in [0.3, 0.4) is 0 Å². The van der Waals surface area contributed by atoms with E-state index in [9.17, 15) is 4.79 Å². The van der Waals surface area contributed by atoms with Gasteiger partial charge in [0.1, 0.15) is 0 Å². The van der Waals surface area contributed by atoms with Crippen molar-refractivity contribution < 1.29 is 4.79 Å². The van der Waals surface area contributed by atoms with Crippen LogP contribution >= 0.6 is 0 Å². The first-order valence-corrected chi connectivity index (χ1v) is 7.53. The van der Waals surface area contributed by atoms with Crippen molar-refractivity contribution in [1.82, 2.24) is 24.5 Å². The summed E-state index contributed by atoms with van der Waals surface area (Å²) in [6.45, 7) is 7.81. The van der Waals surface area contributed by atoms with Gasteiger partial charge < -0.3 is 5.32 Å². The van der Waals surface area contributed by atoms with Gasteiger partial charge in [-0.3, -0.25) is 9.48 Å². The molecule has 0 bridgehead atoms. The van der Waals surface area contributed by atoms with Gasteiger partial charge in [0, 0.05) is 24.2 Å². The molecule has 3 rings (SSSR count). The first-order valence-electron chi connectivity index (χ1n) is 7.53. The first kappa shape index (κ1) is 15.2. The molecule has 3 aromatic heterocycles. The second-order valence-corrected chi connectivity index (χ2v) is 5.94. The highest BCUT2D eigenvalue weighted by molar-refractivity contribution is 6.06. The van der Waals surface area contributed by atoms with E-state index < -0.39 is 0 Å². The number of nitrogens with zero attached hydrogens (tertiary/aromatic N) is 5. The Labute approximate surface area is 134 Å². The van der Waals surface area contributed by atoms with Gasteiger partial charge in [-0.1, -0.05) is 0 Å². The summed E-state index contributed by atoms with van der Waals surface area (Å²) < 4.78 is 3.56. The zero-order valence-electron chi connectivity index (χ0n) is 14.0. The Morgan fingerprint density at radius 1 is 1.26 bits per heavy atom. The molecule has 1 N–H and O–H groups in total. The Hall–Kier alpha value is -2.70. The van der Waals surface area contributed by atoms with Gasteiger partial charge in [-0.15, -0.1) is 0 Å². The van der Waals surface area contributed by atoms with Crippen LogP contribution in [0.4, 0.5) is 5.69 Å². The van der Waals surface area contributed by atoms with Crippen molar-refractivity contribution in [3.63, 3.8) is 0 Å². The molecule has 0 saturated carbocycles. The van der Waals surface area contributed by atoms with Gasteiger partial charge in [0.2, 0.25) is 0 Å². The number of hydrogen-bond donors (Lipinski definition) is 1. The van der Waals surface area contributed by atoms with E-state index in [1.165, 1.54) is 0 Å². The smallest absolute Gasteiger partial charge is 0.259 e. The summed E-state index contributed by atoms with van der Waals surface area (Å²) in [5.41, 5.74) is 3.61. The third-order valence-corrected chi connectivity index (χ3v) is 3.92. The van der Waals surface area contributed by atoms with Gasteiger partial charge >= 0.3 is 0 Å². The van der Waals surface area contributed by atoms with Crippen LogP contribution in [0.25, 0.3) is 11.0 Å². The fraction of sp³-hybridized carbons (Fsp3) is 0.375. The maximum atomic E-state index is 12.5. The Bertz CT molecular complexity index is 889. The van der Waals surface area contributed by atoms with Crippen molar-refractivity contribution in [3.05, 3.63) is 35.4 Å². The van der Waals surface area contributed by atoms with Crippen molar-refractivity contribution in [2.75, 3.05) is 5.32 Å². The number of fused-ring (bicyclic) bond motifs is 1. The Balaban J connectivity index is 1.91. The van der Waals surface area contributed by atoms with Crippen molar-refractivity contribution >= 4 is 22.6 Å². The lowest BCUT2D eigenvalue weighted by molar-refractivity contribution is 0.102. The van der Waals surface area contributed by atoms with Gasteiger partial charge in [0.25, 0.3) is 5.91 Å². The summed E-state index contributed by atoms with van der Waals surface area (Å²) in [7, 11) is 1.83. The van der Waals surface area contributed by atoms with Crippen LogP contribution in [-0.2, 0) is 7.05 Å². The molecule has 0 spiro atoms. The quantitative estimate of drug-likeness (QED) is 0.806. The van der Waals surface area contributed by atoms with Gasteiger partial charge in [-0.05, 0) is 33.8 Å². The first-order chi connectivity index (χ1) is 10.9. The van der Waals surface area contributed by atoms with E-state index in [2.05, 4.69) is 34.3 Å². The summed E-state index contributed by atoms with van der Waals surface area (Å²) in [5, 5.41) is 12.4. The summed E-state index contributed by atoms with van der Waals surface area (Å²) >= 11 is 0. The van der Waals surface area contributed by atoms with Crippen LogP contribution in [-0.4, -0.2) is 30.5 Å². The third-order valence-electron chi connectivity index (χ3n) is 3.92. The zero-order valence-corrected chi connectivity index (χ0v) is 14.0. The SMILES string of the molecule is Cc1nn(C)c(C)c1C(=O)Nc1cnc2c(cnn2C(C)C)c1. The number of hydrogen-bond acceptors (Lipinski definition) is 4. The van der Waals surface area contributed by atoms with Crippen molar-refractivity contribution in [2.24, 2.45) is 7.05 Å². The lowest BCUT2D eigenvalue weighted by Gasteiger charge is -2.08. The van der Waals surface area contributed by atoms with Crippen LogP contribution in [0, 0.1) is 13.8 Å². The van der Waals surface area contributed by atoms with Crippen molar-refractivity contribution in [2.45, 2.75) is 33.7 Å². The molecule has 3 aromatic rings. The molecule has 23 heavy (non-hydrogen) atoms. The van der Waals surface area contributed by atoms with E-state index in [1.807, 2.05) is 31.6 Å². The van der Waals surface area contributed by atoms with Gasteiger partial charge in [0.15, 0.2) is 5.65 Å². The highest BCUT2D eigenvalue weighted by Gasteiger charge is 2.18. The molecule has 0 fully saturated rings. The summed E-state index contributed by atoms with van der Waals surface area (Å²) in [5.74, 6) is -0.175. The molecule has 0 saturated heterocycles. The molecule has 7 heteroatoms. The fourth-order valence-corrected chi connectivity index (χ4v) is 2.68. The molecule has 0 aliphatic carbocycles. The van der Waals surface area contributed by atoms with Crippen LogP contribution < -0.4 is 5.32 Å². The maximum absolute atomic E-state index is 12.5. The largest absolute Gasteiger partial charge is 0.320 e. The number of nitrogens with one attached hydrogen (secondary N) is 1. The molecular formula is C16H20N6O. The minimum Gasteiger partial charge on any atom is -0.320 e. The van der Waals surface area contributed by atoms with Crippen molar-refractivity contribution in [3.8, 4) is 0 Å². The van der Waals surface area contributed by atoms with Crippen LogP contribution in [0.1, 0.15) is 41.6 Å². The average molecular weight is 312 g/mol. The lowest BCUT2D eigenvalue weighted by Crippen LogP contribution is -2.14. The van der Waals surface area contributed by atoms with E-state index in [0.29, 0.717) is 16.9 Å². The molecule has 0 unspecified atom stereocenters. The summed E-state index contributed by atoms with van der Waals surface area (Å²) in [4.78, 5) is 16.9. The number of carbonyl (C=O) groups excluding carboxylic acids is 1. The summed E-state index contributed by atoms with van der Waals surface area (Å²) in [6, 6.07) is 2.12.